The van der Waals surface area contributed by atoms with Crippen molar-refractivity contribution in [2.75, 3.05) is 26.3 Å². The van der Waals surface area contributed by atoms with Gasteiger partial charge in [-0.15, -0.1) is 0 Å². The Morgan fingerprint density at radius 3 is 2.79 bits per heavy atom. The monoisotopic (exact) mass is 334 g/mol. The van der Waals surface area contributed by atoms with Crippen LogP contribution < -0.4 is 10.5 Å². The van der Waals surface area contributed by atoms with Crippen LogP contribution in [0.3, 0.4) is 0 Å². The highest BCUT2D eigenvalue weighted by Crippen LogP contribution is 2.28. The Hall–Kier alpha value is -2.08. The Morgan fingerprint density at radius 2 is 2.08 bits per heavy atom. The smallest absolute Gasteiger partial charge is 0.260 e. The van der Waals surface area contributed by atoms with Gasteiger partial charge in [-0.25, -0.2) is 0 Å². The van der Waals surface area contributed by atoms with E-state index in [2.05, 4.69) is 13.8 Å². The Labute approximate surface area is 142 Å². The van der Waals surface area contributed by atoms with E-state index in [1.165, 1.54) is 0 Å². The number of carbonyl (C=O) groups excluding carboxylic acids is 2. The molecule has 24 heavy (non-hydrogen) atoms. The molecular weight excluding hydrogens is 308 g/mol. The van der Waals surface area contributed by atoms with E-state index < -0.39 is 5.91 Å². The Balaban J connectivity index is 1.85. The molecule has 2 atom stereocenters. The average molecular weight is 334 g/mol. The van der Waals surface area contributed by atoms with Gasteiger partial charge in [-0.2, -0.15) is 0 Å². The summed E-state index contributed by atoms with van der Waals surface area (Å²) in [6, 6.07) is 7.83. The standard InChI is InChI=1S/C18H26N2O4/c1-3-13(2)15-6-4-5-7-16(15)24-12-18(22)20-9-8-14(10-20)23-11-17(19)21/h4-7,13-14H,3,8-12H2,1-2H3,(H2,19,21)/t13-,14-/m1/s1. The minimum Gasteiger partial charge on any atom is -0.483 e. The van der Waals surface area contributed by atoms with Crippen LogP contribution >= 0.6 is 0 Å². The molecule has 2 amide bonds. The van der Waals surface area contributed by atoms with Gasteiger partial charge in [-0.1, -0.05) is 32.0 Å². The fourth-order valence-electron chi connectivity index (χ4n) is 2.76. The number of likely N-dealkylation sites (tertiary alicyclic amines) is 1. The third-order valence-corrected chi connectivity index (χ3v) is 4.37. The van der Waals surface area contributed by atoms with E-state index in [9.17, 15) is 9.59 Å². The Kier molecular flexibility index (Phi) is 6.61. The fourth-order valence-corrected chi connectivity index (χ4v) is 2.76. The second-order valence-electron chi connectivity index (χ2n) is 6.16. The molecule has 1 fully saturated rings. The van der Waals surface area contributed by atoms with Crippen molar-refractivity contribution in [1.82, 2.24) is 4.90 Å². The van der Waals surface area contributed by atoms with Crippen LogP contribution in [-0.4, -0.2) is 49.1 Å². The summed E-state index contributed by atoms with van der Waals surface area (Å²) in [6.45, 7) is 5.26. The number of primary amides is 1. The number of amides is 2. The molecule has 1 aliphatic rings. The zero-order chi connectivity index (χ0) is 17.5. The lowest BCUT2D eigenvalue weighted by Gasteiger charge is -2.19. The van der Waals surface area contributed by atoms with Crippen molar-refractivity contribution in [2.24, 2.45) is 5.73 Å². The molecule has 0 radical (unpaired) electrons. The molecule has 1 saturated heterocycles. The van der Waals surface area contributed by atoms with Gasteiger partial charge in [0.25, 0.3) is 5.91 Å². The van der Waals surface area contributed by atoms with E-state index in [0.29, 0.717) is 25.4 Å². The molecule has 2 rings (SSSR count). The van der Waals surface area contributed by atoms with Crippen LogP contribution in [0.4, 0.5) is 0 Å². The lowest BCUT2D eigenvalue weighted by molar-refractivity contribution is -0.133. The van der Waals surface area contributed by atoms with Gasteiger partial charge in [-0.3, -0.25) is 9.59 Å². The fraction of sp³-hybridized carbons (Fsp3) is 0.556. The third kappa shape index (κ3) is 4.96. The summed E-state index contributed by atoms with van der Waals surface area (Å²) in [7, 11) is 0. The quantitative estimate of drug-likeness (QED) is 0.784. The summed E-state index contributed by atoms with van der Waals surface area (Å²) < 4.78 is 11.1. The summed E-state index contributed by atoms with van der Waals surface area (Å²) in [5, 5.41) is 0. The van der Waals surface area contributed by atoms with Gasteiger partial charge in [0.05, 0.1) is 6.10 Å². The number of nitrogens with zero attached hydrogens (tertiary/aromatic N) is 1. The van der Waals surface area contributed by atoms with Crippen molar-refractivity contribution in [1.29, 1.82) is 0 Å². The normalized spacial score (nSPS) is 18.4. The van der Waals surface area contributed by atoms with Gasteiger partial charge >= 0.3 is 0 Å². The summed E-state index contributed by atoms with van der Waals surface area (Å²) in [4.78, 5) is 24.8. The lowest BCUT2D eigenvalue weighted by atomic mass is 9.98. The average Bonchev–Trinajstić information content (AvgIpc) is 3.06. The summed E-state index contributed by atoms with van der Waals surface area (Å²) in [6.07, 6.45) is 1.59. The number of hydrogen-bond acceptors (Lipinski definition) is 4. The molecule has 0 bridgehead atoms. The van der Waals surface area contributed by atoms with Crippen molar-refractivity contribution < 1.29 is 19.1 Å². The highest BCUT2D eigenvalue weighted by molar-refractivity contribution is 5.78. The molecule has 1 aromatic carbocycles. The molecule has 1 aromatic rings. The first kappa shape index (κ1) is 18.3. The molecular formula is C18H26N2O4. The third-order valence-electron chi connectivity index (χ3n) is 4.37. The second-order valence-corrected chi connectivity index (χ2v) is 6.16. The number of benzene rings is 1. The minimum atomic E-state index is -0.496. The number of hydrogen-bond donors (Lipinski definition) is 1. The number of carbonyl (C=O) groups is 2. The lowest BCUT2D eigenvalue weighted by Crippen LogP contribution is -2.34. The predicted molar refractivity (Wildman–Crippen MR) is 90.8 cm³/mol. The first-order valence-electron chi connectivity index (χ1n) is 8.40. The molecule has 0 spiro atoms. The molecule has 6 heteroatoms. The highest BCUT2D eigenvalue weighted by atomic mass is 16.5. The van der Waals surface area contributed by atoms with E-state index in [1.807, 2.05) is 24.3 Å². The molecule has 1 heterocycles. The molecule has 0 aliphatic carbocycles. The summed E-state index contributed by atoms with van der Waals surface area (Å²) in [5.74, 6) is 0.583. The van der Waals surface area contributed by atoms with E-state index in [0.717, 1.165) is 17.7 Å². The van der Waals surface area contributed by atoms with Crippen LogP contribution in [0.1, 0.15) is 38.2 Å². The van der Waals surface area contributed by atoms with Gasteiger partial charge in [0.15, 0.2) is 6.61 Å². The van der Waals surface area contributed by atoms with E-state index in [1.54, 1.807) is 4.90 Å². The van der Waals surface area contributed by atoms with Crippen molar-refractivity contribution in [3.8, 4) is 5.75 Å². The largest absolute Gasteiger partial charge is 0.483 e. The van der Waals surface area contributed by atoms with Crippen molar-refractivity contribution in [3.63, 3.8) is 0 Å². The second kappa shape index (κ2) is 8.68. The van der Waals surface area contributed by atoms with Crippen LogP contribution in [0, 0.1) is 0 Å². The van der Waals surface area contributed by atoms with Crippen LogP contribution in [-0.2, 0) is 14.3 Å². The van der Waals surface area contributed by atoms with Crippen molar-refractivity contribution in [3.05, 3.63) is 29.8 Å². The van der Waals surface area contributed by atoms with Gasteiger partial charge in [0.2, 0.25) is 5.91 Å². The molecule has 0 unspecified atom stereocenters. The molecule has 6 nitrogen and oxygen atoms in total. The molecule has 0 aromatic heterocycles. The van der Waals surface area contributed by atoms with Crippen molar-refractivity contribution >= 4 is 11.8 Å². The number of rotatable bonds is 8. The van der Waals surface area contributed by atoms with Crippen molar-refractivity contribution in [2.45, 2.75) is 38.7 Å². The topological polar surface area (TPSA) is 81.9 Å². The summed E-state index contributed by atoms with van der Waals surface area (Å²) >= 11 is 0. The maximum Gasteiger partial charge on any atom is 0.260 e. The molecule has 2 N–H and O–H groups in total. The van der Waals surface area contributed by atoms with E-state index in [4.69, 9.17) is 15.2 Å². The maximum absolute atomic E-state index is 12.3. The summed E-state index contributed by atoms with van der Waals surface area (Å²) in [5.41, 5.74) is 6.18. The number of ether oxygens (including phenoxy) is 2. The van der Waals surface area contributed by atoms with Gasteiger partial charge in [0, 0.05) is 13.1 Å². The SMILES string of the molecule is CC[C@@H](C)c1ccccc1OCC(=O)N1CC[C@@H](OCC(N)=O)C1. The number of para-hydroxylation sites is 1. The predicted octanol–water partition coefficient (Wildman–Crippen LogP) is 1.68. The van der Waals surface area contributed by atoms with E-state index >= 15 is 0 Å². The molecule has 1 aliphatic heterocycles. The Bertz CT molecular complexity index is 576. The van der Waals surface area contributed by atoms with Crippen LogP contribution in [0.15, 0.2) is 24.3 Å². The number of nitrogens with two attached hydrogens (primary N) is 1. The molecule has 0 saturated carbocycles. The molecule has 132 valence electrons. The van der Waals surface area contributed by atoms with Gasteiger partial charge in [0.1, 0.15) is 12.4 Å². The zero-order valence-electron chi connectivity index (χ0n) is 14.4. The minimum absolute atomic E-state index is 0.00991. The maximum atomic E-state index is 12.3. The first-order chi connectivity index (χ1) is 11.5. The van der Waals surface area contributed by atoms with Crippen LogP contribution in [0.2, 0.25) is 0 Å². The first-order valence-corrected chi connectivity index (χ1v) is 8.40. The highest BCUT2D eigenvalue weighted by Gasteiger charge is 2.27. The van der Waals surface area contributed by atoms with Gasteiger partial charge < -0.3 is 20.1 Å². The van der Waals surface area contributed by atoms with Gasteiger partial charge in [-0.05, 0) is 30.4 Å². The zero-order valence-corrected chi connectivity index (χ0v) is 14.4. The Morgan fingerprint density at radius 1 is 1.33 bits per heavy atom. The van der Waals surface area contributed by atoms with Crippen LogP contribution in [0.25, 0.3) is 0 Å². The van der Waals surface area contributed by atoms with Crippen LogP contribution in [0.5, 0.6) is 5.75 Å². The van der Waals surface area contributed by atoms with E-state index in [-0.39, 0.29) is 25.2 Å².